The number of benzene rings is 2. The number of hydrogen-bond acceptors (Lipinski definition) is 3. The first kappa shape index (κ1) is 18.8. The third-order valence-electron chi connectivity index (χ3n) is 4.20. The molecular formula is C18H14ClF2N3O3. The monoisotopic (exact) mass is 393 g/mol. The van der Waals surface area contributed by atoms with Crippen molar-refractivity contribution in [2.24, 2.45) is 0 Å². The van der Waals surface area contributed by atoms with Crippen molar-refractivity contribution in [3.8, 4) is 0 Å². The lowest BCUT2D eigenvalue weighted by Crippen LogP contribution is -2.42. The van der Waals surface area contributed by atoms with E-state index >= 15 is 0 Å². The molecule has 140 valence electrons. The fourth-order valence-electron chi connectivity index (χ4n) is 2.75. The lowest BCUT2D eigenvalue weighted by atomic mass is 9.92. The van der Waals surface area contributed by atoms with Crippen LogP contribution in [0.5, 0.6) is 0 Å². The van der Waals surface area contributed by atoms with Gasteiger partial charge in [0, 0.05) is 5.02 Å². The minimum absolute atomic E-state index is 0.166. The third-order valence-corrected chi connectivity index (χ3v) is 4.44. The Morgan fingerprint density at radius 2 is 1.85 bits per heavy atom. The van der Waals surface area contributed by atoms with E-state index in [0.29, 0.717) is 10.5 Å². The lowest BCUT2D eigenvalue weighted by molar-refractivity contribution is -0.133. The molecule has 0 bridgehead atoms. The summed E-state index contributed by atoms with van der Waals surface area (Å²) in [6.45, 7) is 0.836. The van der Waals surface area contributed by atoms with E-state index in [9.17, 15) is 23.2 Å². The Labute approximate surface area is 158 Å². The van der Waals surface area contributed by atoms with Gasteiger partial charge in [-0.2, -0.15) is 0 Å². The number of imide groups is 1. The normalized spacial score (nSPS) is 19.2. The Bertz CT molecular complexity index is 936. The highest BCUT2D eigenvalue weighted by molar-refractivity contribution is 6.30. The van der Waals surface area contributed by atoms with Crippen LogP contribution < -0.4 is 10.6 Å². The van der Waals surface area contributed by atoms with Gasteiger partial charge < -0.3 is 10.6 Å². The van der Waals surface area contributed by atoms with Gasteiger partial charge in [-0.3, -0.25) is 14.5 Å². The first-order chi connectivity index (χ1) is 12.7. The molecule has 6 nitrogen and oxygen atoms in total. The average Bonchev–Trinajstić information content (AvgIpc) is 2.83. The second-order valence-corrected chi connectivity index (χ2v) is 6.56. The van der Waals surface area contributed by atoms with Gasteiger partial charge in [-0.1, -0.05) is 23.7 Å². The molecule has 0 radical (unpaired) electrons. The Kier molecular flexibility index (Phi) is 4.84. The van der Waals surface area contributed by atoms with Crippen LogP contribution in [-0.4, -0.2) is 29.3 Å². The van der Waals surface area contributed by atoms with Crippen LogP contribution in [0.4, 0.5) is 19.3 Å². The molecule has 2 aromatic carbocycles. The van der Waals surface area contributed by atoms with Gasteiger partial charge >= 0.3 is 6.03 Å². The highest BCUT2D eigenvalue weighted by Crippen LogP contribution is 2.29. The Hall–Kier alpha value is -3.00. The van der Waals surface area contributed by atoms with Gasteiger partial charge in [0.1, 0.15) is 23.7 Å². The standard InChI is InChI=1S/C18H14ClF2N3O3/c1-18(10-2-5-12(20)6-3-10)16(26)24(17(27)23-18)9-15(25)22-14-8-11(19)4-7-13(14)21/h2-8H,9H2,1H3,(H,22,25)(H,23,27). The number of amides is 4. The number of anilines is 1. The first-order valence-corrected chi connectivity index (χ1v) is 8.23. The second-order valence-electron chi connectivity index (χ2n) is 6.13. The molecule has 27 heavy (non-hydrogen) atoms. The minimum atomic E-state index is -1.44. The van der Waals surface area contributed by atoms with Gasteiger partial charge in [-0.25, -0.2) is 13.6 Å². The van der Waals surface area contributed by atoms with E-state index in [2.05, 4.69) is 10.6 Å². The maximum atomic E-state index is 13.7. The molecule has 0 aliphatic carbocycles. The SMILES string of the molecule is CC1(c2ccc(F)cc2)NC(=O)N(CC(=O)Nc2cc(Cl)ccc2F)C1=O. The maximum Gasteiger partial charge on any atom is 0.325 e. The number of halogens is 3. The zero-order valence-corrected chi connectivity index (χ0v) is 14.8. The van der Waals surface area contributed by atoms with Crippen molar-refractivity contribution < 1.29 is 23.2 Å². The minimum Gasteiger partial charge on any atom is -0.322 e. The van der Waals surface area contributed by atoms with Gasteiger partial charge in [0.25, 0.3) is 5.91 Å². The van der Waals surface area contributed by atoms with E-state index in [0.717, 1.165) is 18.2 Å². The topological polar surface area (TPSA) is 78.5 Å². The smallest absolute Gasteiger partial charge is 0.322 e. The molecule has 1 atom stereocenters. The van der Waals surface area contributed by atoms with Crippen molar-refractivity contribution in [3.05, 3.63) is 64.7 Å². The van der Waals surface area contributed by atoms with Crippen molar-refractivity contribution in [2.75, 3.05) is 11.9 Å². The summed E-state index contributed by atoms with van der Waals surface area (Å²) in [7, 11) is 0. The predicted octanol–water partition coefficient (Wildman–Crippen LogP) is 3.02. The summed E-state index contributed by atoms with van der Waals surface area (Å²) in [6.07, 6.45) is 0. The Balaban J connectivity index is 1.76. The number of carbonyl (C=O) groups is 3. The molecule has 1 saturated heterocycles. The van der Waals surface area contributed by atoms with Gasteiger partial charge in [-0.05, 0) is 42.8 Å². The summed E-state index contributed by atoms with van der Waals surface area (Å²) in [4.78, 5) is 37.8. The van der Waals surface area contributed by atoms with Crippen LogP contribution in [0.3, 0.4) is 0 Å². The summed E-state index contributed by atoms with van der Waals surface area (Å²) in [5, 5.41) is 4.98. The van der Waals surface area contributed by atoms with Gasteiger partial charge in [0.15, 0.2) is 0 Å². The zero-order valence-electron chi connectivity index (χ0n) is 14.1. The molecule has 2 aromatic rings. The molecule has 1 unspecified atom stereocenters. The summed E-state index contributed by atoms with van der Waals surface area (Å²) in [5.41, 5.74) is -1.24. The van der Waals surface area contributed by atoms with Crippen LogP contribution in [-0.2, 0) is 15.1 Å². The number of nitrogens with zero attached hydrogens (tertiary/aromatic N) is 1. The van der Waals surface area contributed by atoms with Gasteiger partial charge in [0.05, 0.1) is 5.69 Å². The number of carbonyl (C=O) groups excluding carboxylic acids is 3. The van der Waals surface area contributed by atoms with Crippen LogP contribution >= 0.6 is 11.6 Å². The summed E-state index contributed by atoms with van der Waals surface area (Å²) < 4.78 is 26.8. The van der Waals surface area contributed by atoms with Crippen LogP contribution in [0.2, 0.25) is 5.02 Å². The maximum absolute atomic E-state index is 13.7. The first-order valence-electron chi connectivity index (χ1n) is 7.86. The summed E-state index contributed by atoms with van der Waals surface area (Å²) in [5.74, 6) is -2.65. The van der Waals surface area contributed by atoms with E-state index in [-0.39, 0.29) is 10.7 Å². The fourth-order valence-corrected chi connectivity index (χ4v) is 2.92. The molecule has 4 amide bonds. The van der Waals surface area contributed by atoms with Crippen LogP contribution in [0.25, 0.3) is 0 Å². The molecule has 0 saturated carbocycles. The third kappa shape index (κ3) is 3.61. The van der Waals surface area contributed by atoms with E-state index in [1.165, 1.54) is 31.2 Å². The van der Waals surface area contributed by atoms with Gasteiger partial charge in [0.2, 0.25) is 5.91 Å². The van der Waals surface area contributed by atoms with Crippen LogP contribution in [0.1, 0.15) is 12.5 Å². The fraction of sp³-hybridized carbons (Fsp3) is 0.167. The van der Waals surface area contributed by atoms with Crippen molar-refractivity contribution in [2.45, 2.75) is 12.5 Å². The molecule has 1 aliphatic heterocycles. The van der Waals surface area contributed by atoms with E-state index in [1.54, 1.807) is 0 Å². The quantitative estimate of drug-likeness (QED) is 0.784. The van der Waals surface area contributed by atoms with Crippen LogP contribution in [0, 0.1) is 11.6 Å². The highest BCUT2D eigenvalue weighted by Gasteiger charge is 2.49. The molecule has 0 aromatic heterocycles. The van der Waals surface area contributed by atoms with Crippen molar-refractivity contribution in [1.29, 1.82) is 0 Å². The average molecular weight is 394 g/mol. The molecule has 1 aliphatic rings. The number of hydrogen-bond donors (Lipinski definition) is 2. The molecule has 0 spiro atoms. The van der Waals surface area contributed by atoms with Crippen LogP contribution in [0.15, 0.2) is 42.5 Å². The number of nitrogens with one attached hydrogen (secondary N) is 2. The zero-order chi connectivity index (χ0) is 19.8. The predicted molar refractivity (Wildman–Crippen MR) is 94.0 cm³/mol. The Morgan fingerprint density at radius 1 is 1.19 bits per heavy atom. The summed E-state index contributed by atoms with van der Waals surface area (Å²) >= 11 is 5.76. The second kappa shape index (κ2) is 6.96. The molecule has 9 heteroatoms. The Morgan fingerprint density at radius 3 is 2.52 bits per heavy atom. The van der Waals surface area contributed by atoms with E-state index in [4.69, 9.17) is 11.6 Å². The van der Waals surface area contributed by atoms with E-state index in [1.807, 2.05) is 0 Å². The molecule has 2 N–H and O–H groups in total. The molecule has 3 rings (SSSR count). The summed E-state index contributed by atoms with van der Waals surface area (Å²) in [6, 6.07) is 7.90. The van der Waals surface area contributed by atoms with E-state index < -0.39 is 41.6 Å². The largest absolute Gasteiger partial charge is 0.325 e. The number of urea groups is 1. The van der Waals surface area contributed by atoms with Gasteiger partial charge in [-0.15, -0.1) is 0 Å². The lowest BCUT2D eigenvalue weighted by Gasteiger charge is -2.22. The van der Waals surface area contributed by atoms with Crippen molar-refractivity contribution >= 4 is 35.1 Å². The van der Waals surface area contributed by atoms with Crippen molar-refractivity contribution in [3.63, 3.8) is 0 Å². The number of rotatable bonds is 4. The molecule has 1 fully saturated rings. The van der Waals surface area contributed by atoms with Crippen molar-refractivity contribution in [1.82, 2.24) is 10.2 Å². The molecule has 1 heterocycles. The molecular weight excluding hydrogens is 380 g/mol. The highest BCUT2D eigenvalue weighted by atomic mass is 35.5.